The van der Waals surface area contributed by atoms with Crippen molar-refractivity contribution in [2.45, 2.75) is 52.5 Å². The smallest absolute Gasteiger partial charge is 0.126 e. The molecule has 1 atom stereocenters. The van der Waals surface area contributed by atoms with Crippen LogP contribution in [0.2, 0.25) is 0 Å². The first kappa shape index (κ1) is 15.7. The summed E-state index contributed by atoms with van der Waals surface area (Å²) in [4.78, 5) is 9.62. The summed E-state index contributed by atoms with van der Waals surface area (Å²) in [5, 5.41) is 4.40. The molecule has 0 saturated heterocycles. The third-order valence-corrected chi connectivity index (χ3v) is 5.49. The molecule has 1 aliphatic rings. The van der Waals surface area contributed by atoms with Crippen LogP contribution in [0.4, 0.5) is 0 Å². The van der Waals surface area contributed by atoms with Crippen LogP contribution in [0.5, 0.6) is 0 Å². The zero-order chi connectivity index (χ0) is 15.7. The van der Waals surface area contributed by atoms with Gasteiger partial charge in [-0.15, -0.1) is 0 Å². The first-order chi connectivity index (χ1) is 10.6. The largest absolute Gasteiger partial charge is 0.328 e. The van der Waals surface area contributed by atoms with Crippen molar-refractivity contribution in [1.29, 1.82) is 0 Å². The normalized spacial score (nSPS) is 19.1. The maximum atomic E-state index is 4.73. The zero-order valence-electron chi connectivity index (χ0n) is 14.0. The average Bonchev–Trinajstić information content (AvgIpc) is 3.12. The molecule has 3 heterocycles. The predicted molar refractivity (Wildman–Crippen MR) is 92.0 cm³/mol. The Morgan fingerprint density at radius 3 is 2.91 bits per heavy atom. The van der Waals surface area contributed by atoms with Crippen molar-refractivity contribution in [2.24, 2.45) is 0 Å². The van der Waals surface area contributed by atoms with Gasteiger partial charge in [-0.25, -0.2) is 4.98 Å². The van der Waals surface area contributed by atoms with Crippen molar-refractivity contribution in [3.05, 3.63) is 40.1 Å². The monoisotopic (exact) mass is 318 g/mol. The molecule has 0 aromatic carbocycles. The Hall–Kier alpha value is -1.17. The number of imidazole rings is 1. The fourth-order valence-electron chi connectivity index (χ4n) is 3.00. The quantitative estimate of drug-likeness (QED) is 0.845. The van der Waals surface area contributed by atoms with Crippen molar-refractivity contribution in [3.63, 3.8) is 0 Å². The van der Waals surface area contributed by atoms with Crippen LogP contribution in [0.1, 0.15) is 43.9 Å². The van der Waals surface area contributed by atoms with Crippen molar-refractivity contribution >= 4 is 11.3 Å². The minimum absolute atomic E-state index is 0.381. The van der Waals surface area contributed by atoms with Crippen molar-refractivity contribution < 1.29 is 0 Å². The lowest BCUT2D eigenvalue weighted by Gasteiger charge is -2.34. The second-order valence-corrected chi connectivity index (χ2v) is 7.33. The molecular weight excluding hydrogens is 292 g/mol. The van der Waals surface area contributed by atoms with Crippen molar-refractivity contribution in [1.82, 2.24) is 19.4 Å². The maximum absolute atomic E-state index is 4.73. The third kappa shape index (κ3) is 3.12. The molecule has 5 heteroatoms. The molecule has 0 N–H and O–H groups in total. The highest BCUT2D eigenvalue weighted by atomic mass is 32.1. The molecule has 0 bridgehead atoms. The minimum atomic E-state index is 0.381. The highest BCUT2D eigenvalue weighted by Crippen LogP contribution is 2.27. The van der Waals surface area contributed by atoms with E-state index in [-0.39, 0.29) is 0 Å². The van der Waals surface area contributed by atoms with Gasteiger partial charge in [-0.2, -0.15) is 11.3 Å². The number of nitrogens with zero attached hydrogens (tertiary/aromatic N) is 4. The van der Waals surface area contributed by atoms with Gasteiger partial charge in [0.05, 0.1) is 11.7 Å². The Labute approximate surface area is 137 Å². The lowest BCUT2D eigenvalue weighted by atomic mass is 10.2. The topological polar surface area (TPSA) is 24.3 Å². The van der Waals surface area contributed by atoms with Crippen LogP contribution in [-0.2, 0) is 19.6 Å². The molecule has 0 spiro atoms. The fraction of sp³-hybridized carbons (Fsp3) is 0.588. The van der Waals surface area contributed by atoms with Gasteiger partial charge in [-0.1, -0.05) is 0 Å². The van der Waals surface area contributed by atoms with Crippen molar-refractivity contribution in [3.8, 4) is 0 Å². The van der Waals surface area contributed by atoms with E-state index in [1.807, 2.05) is 0 Å². The van der Waals surface area contributed by atoms with Crippen LogP contribution in [0.3, 0.4) is 0 Å². The summed E-state index contributed by atoms with van der Waals surface area (Å²) >= 11 is 1.78. The number of aromatic nitrogens is 2. The van der Waals surface area contributed by atoms with E-state index in [2.05, 4.69) is 65.2 Å². The molecule has 0 fully saturated rings. The molecule has 120 valence electrons. The summed E-state index contributed by atoms with van der Waals surface area (Å²) in [6.07, 6.45) is 2.07. The van der Waals surface area contributed by atoms with Gasteiger partial charge in [0.15, 0.2) is 0 Å². The molecule has 0 saturated carbocycles. The molecule has 22 heavy (non-hydrogen) atoms. The first-order valence-corrected chi connectivity index (χ1v) is 9.00. The highest BCUT2D eigenvalue weighted by molar-refractivity contribution is 7.07. The molecule has 0 radical (unpaired) electrons. The van der Waals surface area contributed by atoms with E-state index in [0.29, 0.717) is 12.1 Å². The first-order valence-electron chi connectivity index (χ1n) is 8.06. The van der Waals surface area contributed by atoms with E-state index in [0.717, 1.165) is 26.2 Å². The summed E-state index contributed by atoms with van der Waals surface area (Å²) < 4.78 is 2.42. The highest BCUT2D eigenvalue weighted by Gasteiger charge is 2.27. The fourth-order valence-corrected chi connectivity index (χ4v) is 3.66. The Morgan fingerprint density at radius 1 is 1.41 bits per heavy atom. The zero-order valence-corrected chi connectivity index (χ0v) is 14.8. The van der Waals surface area contributed by atoms with Crippen LogP contribution in [0.15, 0.2) is 23.0 Å². The van der Waals surface area contributed by atoms with Gasteiger partial charge in [0.1, 0.15) is 5.82 Å². The molecule has 1 unspecified atom stereocenters. The number of hydrogen-bond donors (Lipinski definition) is 0. The molecule has 1 aliphatic heterocycles. The van der Waals surface area contributed by atoms with Crippen LogP contribution >= 0.6 is 11.3 Å². The van der Waals surface area contributed by atoms with Gasteiger partial charge in [-0.3, -0.25) is 9.80 Å². The predicted octanol–water partition coefficient (Wildman–Crippen LogP) is 3.36. The van der Waals surface area contributed by atoms with Gasteiger partial charge in [0.25, 0.3) is 0 Å². The lowest BCUT2D eigenvalue weighted by molar-refractivity contribution is 0.153. The summed E-state index contributed by atoms with van der Waals surface area (Å²) in [5.41, 5.74) is 2.75. The van der Waals surface area contributed by atoms with Gasteiger partial charge in [-0.05, 0) is 50.2 Å². The van der Waals surface area contributed by atoms with Crippen LogP contribution in [0, 0.1) is 0 Å². The Morgan fingerprint density at radius 2 is 2.23 bits per heavy atom. The molecule has 3 rings (SSSR count). The van der Waals surface area contributed by atoms with Crippen molar-refractivity contribution in [2.75, 3.05) is 13.6 Å². The van der Waals surface area contributed by atoms with Crippen LogP contribution < -0.4 is 0 Å². The lowest BCUT2D eigenvalue weighted by Crippen LogP contribution is -2.37. The molecule has 0 amide bonds. The summed E-state index contributed by atoms with van der Waals surface area (Å²) in [6.45, 7) is 10.9. The molecule has 2 aromatic rings. The average molecular weight is 318 g/mol. The van der Waals surface area contributed by atoms with Crippen LogP contribution in [0.25, 0.3) is 0 Å². The van der Waals surface area contributed by atoms with E-state index >= 15 is 0 Å². The molecule has 2 aromatic heterocycles. The standard InChI is InChI=1S/C17H26N4S/c1-13(2)19(4)11-16-9-18-17-14(3)20(6-7-21(16)17)10-15-5-8-22-12-15/h5,8-9,12-14H,6-7,10-11H2,1-4H3. The van der Waals surface area contributed by atoms with Gasteiger partial charge in [0, 0.05) is 38.4 Å². The number of rotatable bonds is 5. The Balaban J connectivity index is 1.74. The van der Waals surface area contributed by atoms with E-state index in [9.17, 15) is 0 Å². The minimum Gasteiger partial charge on any atom is -0.328 e. The van der Waals surface area contributed by atoms with E-state index in [1.165, 1.54) is 17.1 Å². The number of fused-ring (bicyclic) bond motifs is 1. The number of hydrogen-bond acceptors (Lipinski definition) is 4. The maximum Gasteiger partial charge on any atom is 0.126 e. The Bertz CT molecular complexity index is 602. The second-order valence-electron chi connectivity index (χ2n) is 6.55. The second kappa shape index (κ2) is 6.52. The van der Waals surface area contributed by atoms with E-state index in [4.69, 9.17) is 4.98 Å². The van der Waals surface area contributed by atoms with E-state index < -0.39 is 0 Å². The van der Waals surface area contributed by atoms with E-state index in [1.54, 1.807) is 11.3 Å². The molecule has 4 nitrogen and oxygen atoms in total. The summed E-state index contributed by atoms with van der Waals surface area (Å²) in [7, 11) is 2.18. The van der Waals surface area contributed by atoms with Crippen LogP contribution in [-0.4, -0.2) is 39.0 Å². The SMILES string of the molecule is CC(C)N(C)Cc1cnc2n1CCN(Cc1ccsc1)C2C. The summed E-state index contributed by atoms with van der Waals surface area (Å²) in [5.74, 6) is 1.22. The summed E-state index contributed by atoms with van der Waals surface area (Å²) in [6, 6.07) is 3.16. The van der Waals surface area contributed by atoms with Gasteiger partial charge >= 0.3 is 0 Å². The molecular formula is C17H26N4S. The Kier molecular flexibility index (Phi) is 4.66. The third-order valence-electron chi connectivity index (χ3n) is 4.76. The van der Waals surface area contributed by atoms with Gasteiger partial charge in [0.2, 0.25) is 0 Å². The number of thiophene rings is 1. The van der Waals surface area contributed by atoms with Gasteiger partial charge < -0.3 is 4.57 Å². The molecule has 0 aliphatic carbocycles.